The standard InChI is InChI=1S/C16H31NO3/c1-4-5-6-7-8-9-10-11-14(18)17-16(2,3)13-12-15(19)20/h4-13H2,1-3H3,(H,17,18)(H,19,20). The van der Waals surface area contributed by atoms with E-state index in [0.717, 1.165) is 12.8 Å². The van der Waals surface area contributed by atoms with Crippen LogP contribution in [0.3, 0.4) is 0 Å². The van der Waals surface area contributed by atoms with Crippen molar-refractivity contribution in [1.29, 1.82) is 0 Å². The lowest BCUT2D eigenvalue weighted by Gasteiger charge is -2.25. The van der Waals surface area contributed by atoms with Crippen LogP contribution in [0.1, 0.15) is 85.0 Å². The summed E-state index contributed by atoms with van der Waals surface area (Å²) in [6.45, 7) is 5.95. The van der Waals surface area contributed by atoms with Crippen molar-refractivity contribution in [3.63, 3.8) is 0 Å². The lowest BCUT2D eigenvalue weighted by atomic mass is 9.98. The minimum atomic E-state index is -0.820. The quantitative estimate of drug-likeness (QED) is 0.535. The summed E-state index contributed by atoms with van der Waals surface area (Å²) in [5.74, 6) is -0.784. The summed E-state index contributed by atoms with van der Waals surface area (Å²) in [4.78, 5) is 22.3. The predicted octanol–water partition coefficient (Wildman–Crippen LogP) is 3.89. The second-order valence-electron chi connectivity index (χ2n) is 6.20. The third-order valence-corrected chi connectivity index (χ3v) is 3.45. The van der Waals surface area contributed by atoms with Crippen molar-refractivity contribution in [2.75, 3.05) is 0 Å². The van der Waals surface area contributed by atoms with Gasteiger partial charge in [-0.05, 0) is 26.7 Å². The smallest absolute Gasteiger partial charge is 0.303 e. The highest BCUT2D eigenvalue weighted by atomic mass is 16.4. The van der Waals surface area contributed by atoms with E-state index in [9.17, 15) is 9.59 Å². The molecule has 0 aliphatic heterocycles. The molecule has 0 rings (SSSR count). The van der Waals surface area contributed by atoms with Crippen LogP contribution in [0.2, 0.25) is 0 Å². The zero-order chi connectivity index (χ0) is 15.4. The molecule has 0 aliphatic carbocycles. The van der Waals surface area contributed by atoms with Gasteiger partial charge in [-0.3, -0.25) is 9.59 Å². The third-order valence-electron chi connectivity index (χ3n) is 3.45. The van der Waals surface area contributed by atoms with Crippen LogP contribution in [-0.4, -0.2) is 22.5 Å². The molecule has 0 unspecified atom stereocenters. The highest BCUT2D eigenvalue weighted by molar-refractivity contribution is 5.76. The Balaban J connectivity index is 3.63. The van der Waals surface area contributed by atoms with E-state index in [2.05, 4.69) is 12.2 Å². The Kier molecular flexibility index (Phi) is 10.1. The van der Waals surface area contributed by atoms with Crippen LogP contribution in [0.25, 0.3) is 0 Å². The summed E-state index contributed by atoms with van der Waals surface area (Å²) in [6.07, 6.45) is 9.45. The molecule has 4 heteroatoms. The van der Waals surface area contributed by atoms with E-state index in [0.29, 0.717) is 12.8 Å². The molecule has 0 spiro atoms. The number of nitrogens with one attached hydrogen (secondary N) is 1. The van der Waals surface area contributed by atoms with Gasteiger partial charge in [0.25, 0.3) is 0 Å². The van der Waals surface area contributed by atoms with Crippen LogP contribution < -0.4 is 5.32 Å². The first-order valence-electron chi connectivity index (χ1n) is 7.90. The van der Waals surface area contributed by atoms with Crippen LogP contribution in [0.15, 0.2) is 0 Å². The molecule has 0 aromatic heterocycles. The maximum Gasteiger partial charge on any atom is 0.303 e. The first-order valence-corrected chi connectivity index (χ1v) is 7.90. The number of amides is 1. The second kappa shape index (κ2) is 10.7. The summed E-state index contributed by atoms with van der Waals surface area (Å²) in [6, 6.07) is 0. The number of carboxylic acid groups (broad SMARTS) is 1. The van der Waals surface area contributed by atoms with E-state index in [1.807, 2.05) is 13.8 Å². The molecule has 118 valence electrons. The van der Waals surface area contributed by atoms with Gasteiger partial charge >= 0.3 is 5.97 Å². The van der Waals surface area contributed by atoms with Crippen LogP contribution in [0.4, 0.5) is 0 Å². The normalized spacial score (nSPS) is 11.3. The molecule has 0 bridgehead atoms. The van der Waals surface area contributed by atoms with Gasteiger partial charge in [-0.15, -0.1) is 0 Å². The summed E-state index contributed by atoms with van der Waals surface area (Å²) >= 11 is 0. The Bertz CT molecular complexity index is 287. The summed E-state index contributed by atoms with van der Waals surface area (Å²) < 4.78 is 0. The maximum absolute atomic E-state index is 11.8. The number of carbonyl (C=O) groups excluding carboxylic acids is 1. The van der Waals surface area contributed by atoms with Gasteiger partial charge in [0.05, 0.1) is 0 Å². The zero-order valence-corrected chi connectivity index (χ0v) is 13.3. The fraction of sp³-hybridized carbons (Fsp3) is 0.875. The summed E-state index contributed by atoms with van der Waals surface area (Å²) in [5, 5.41) is 11.6. The molecule has 2 N–H and O–H groups in total. The van der Waals surface area contributed by atoms with Gasteiger partial charge in [-0.1, -0.05) is 45.4 Å². The Hall–Kier alpha value is -1.06. The van der Waals surface area contributed by atoms with Crippen molar-refractivity contribution in [3.05, 3.63) is 0 Å². The maximum atomic E-state index is 11.8. The predicted molar refractivity (Wildman–Crippen MR) is 81.7 cm³/mol. The van der Waals surface area contributed by atoms with Crippen molar-refractivity contribution in [2.24, 2.45) is 0 Å². The van der Waals surface area contributed by atoms with Crippen molar-refractivity contribution >= 4 is 11.9 Å². The molecule has 0 heterocycles. The average molecular weight is 285 g/mol. The first-order chi connectivity index (χ1) is 9.37. The lowest BCUT2D eigenvalue weighted by Crippen LogP contribution is -2.43. The molecule has 0 aliphatic rings. The van der Waals surface area contributed by atoms with Gasteiger partial charge in [0.15, 0.2) is 0 Å². The number of hydrogen-bond donors (Lipinski definition) is 2. The van der Waals surface area contributed by atoms with E-state index in [1.54, 1.807) is 0 Å². The molecule has 0 atom stereocenters. The van der Waals surface area contributed by atoms with Gasteiger partial charge in [-0.25, -0.2) is 0 Å². The highest BCUT2D eigenvalue weighted by Gasteiger charge is 2.20. The minimum Gasteiger partial charge on any atom is -0.481 e. The molecular formula is C16H31NO3. The average Bonchev–Trinajstić information content (AvgIpc) is 2.35. The number of aliphatic carboxylic acids is 1. The van der Waals surface area contributed by atoms with Crippen LogP contribution in [-0.2, 0) is 9.59 Å². The van der Waals surface area contributed by atoms with Gasteiger partial charge in [0.2, 0.25) is 5.91 Å². The van der Waals surface area contributed by atoms with Crippen LogP contribution in [0, 0.1) is 0 Å². The Morgan fingerprint density at radius 1 is 0.950 bits per heavy atom. The van der Waals surface area contributed by atoms with Crippen molar-refractivity contribution in [2.45, 2.75) is 90.5 Å². The number of unbranched alkanes of at least 4 members (excludes halogenated alkanes) is 6. The van der Waals surface area contributed by atoms with Crippen LogP contribution >= 0.6 is 0 Å². The Labute approximate surface area is 123 Å². The Morgan fingerprint density at radius 3 is 2.05 bits per heavy atom. The fourth-order valence-electron chi connectivity index (χ4n) is 2.16. The molecular weight excluding hydrogens is 254 g/mol. The lowest BCUT2D eigenvalue weighted by molar-refractivity contribution is -0.137. The zero-order valence-electron chi connectivity index (χ0n) is 13.3. The fourth-order valence-corrected chi connectivity index (χ4v) is 2.16. The number of carbonyl (C=O) groups is 2. The number of carboxylic acids is 1. The van der Waals surface area contributed by atoms with Gasteiger partial charge in [-0.2, -0.15) is 0 Å². The molecule has 0 radical (unpaired) electrons. The monoisotopic (exact) mass is 285 g/mol. The van der Waals surface area contributed by atoms with E-state index < -0.39 is 11.5 Å². The second-order valence-corrected chi connectivity index (χ2v) is 6.20. The summed E-state index contributed by atoms with van der Waals surface area (Å²) in [7, 11) is 0. The van der Waals surface area contributed by atoms with Gasteiger partial charge in [0.1, 0.15) is 0 Å². The molecule has 0 saturated carbocycles. The molecule has 4 nitrogen and oxygen atoms in total. The summed E-state index contributed by atoms with van der Waals surface area (Å²) in [5.41, 5.74) is -0.434. The number of hydrogen-bond acceptors (Lipinski definition) is 2. The van der Waals surface area contributed by atoms with E-state index in [1.165, 1.54) is 32.1 Å². The van der Waals surface area contributed by atoms with Crippen molar-refractivity contribution < 1.29 is 14.7 Å². The SMILES string of the molecule is CCCCCCCCCC(=O)NC(C)(C)CCC(=O)O. The molecule has 0 aromatic rings. The van der Waals surface area contributed by atoms with E-state index >= 15 is 0 Å². The van der Waals surface area contributed by atoms with Gasteiger partial charge in [0, 0.05) is 18.4 Å². The molecule has 20 heavy (non-hydrogen) atoms. The highest BCUT2D eigenvalue weighted by Crippen LogP contribution is 2.13. The molecule has 0 aromatic carbocycles. The van der Waals surface area contributed by atoms with Crippen molar-refractivity contribution in [3.8, 4) is 0 Å². The topological polar surface area (TPSA) is 66.4 Å². The van der Waals surface area contributed by atoms with Crippen molar-refractivity contribution in [1.82, 2.24) is 5.32 Å². The minimum absolute atomic E-state index is 0.0361. The first kappa shape index (κ1) is 18.9. The molecule has 1 amide bonds. The Morgan fingerprint density at radius 2 is 1.50 bits per heavy atom. The third kappa shape index (κ3) is 12.0. The molecule has 0 fully saturated rings. The largest absolute Gasteiger partial charge is 0.481 e. The number of rotatable bonds is 12. The van der Waals surface area contributed by atoms with E-state index in [4.69, 9.17) is 5.11 Å². The van der Waals surface area contributed by atoms with Gasteiger partial charge < -0.3 is 10.4 Å². The van der Waals surface area contributed by atoms with Crippen LogP contribution in [0.5, 0.6) is 0 Å². The van der Waals surface area contributed by atoms with E-state index in [-0.39, 0.29) is 12.3 Å². The molecule has 0 saturated heterocycles.